The molecule has 0 aliphatic carbocycles. The van der Waals surface area contributed by atoms with Gasteiger partial charge in [-0.25, -0.2) is 18.2 Å². The van der Waals surface area contributed by atoms with E-state index in [0.29, 0.717) is 5.69 Å². The summed E-state index contributed by atoms with van der Waals surface area (Å²) in [4.78, 5) is 15.9. The molecule has 0 bridgehead atoms. The van der Waals surface area contributed by atoms with Crippen molar-refractivity contribution in [3.63, 3.8) is 0 Å². The fraction of sp³-hybridized carbons (Fsp3) is 0.538. The van der Waals surface area contributed by atoms with E-state index in [0.717, 1.165) is 0 Å². The largest absolute Gasteiger partial charge is 0.455 e. The van der Waals surface area contributed by atoms with Gasteiger partial charge in [0.25, 0.3) is 0 Å². The quantitative estimate of drug-likeness (QED) is 0.854. The Labute approximate surface area is 119 Å². The lowest BCUT2D eigenvalue weighted by molar-refractivity contribution is 0.00581. The summed E-state index contributed by atoms with van der Waals surface area (Å²) in [5.41, 5.74) is -0.377. The number of aromatic nitrogens is 1. The summed E-state index contributed by atoms with van der Waals surface area (Å²) >= 11 is 0. The molecule has 1 aromatic rings. The minimum Gasteiger partial charge on any atom is -0.455 e. The van der Waals surface area contributed by atoms with E-state index in [1.165, 1.54) is 19.2 Å². The maximum atomic E-state index is 12.1. The molecule has 0 saturated carbocycles. The Kier molecular flexibility index (Phi) is 4.75. The van der Waals surface area contributed by atoms with E-state index in [1.54, 1.807) is 27.8 Å². The van der Waals surface area contributed by atoms with Crippen LogP contribution in [0.15, 0.2) is 17.2 Å². The first-order valence-corrected chi connectivity index (χ1v) is 7.90. The standard InChI is InChI=1S/C13H20N2O4S/c1-6-20(17,18)10-7-9(14-5)8-15-11(10)12(16)19-13(2,3)4/h7-8,14H,6H2,1-5H3. The molecule has 20 heavy (non-hydrogen) atoms. The van der Waals surface area contributed by atoms with E-state index in [4.69, 9.17) is 4.74 Å². The first kappa shape index (κ1) is 16.4. The summed E-state index contributed by atoms with van der Waals surface area (Å²) in [6.45, 7) is 6.64. The number of anilines is 1. The molecule has 6 nitrogen and oxygen atoms in total. The third kappa shape index (κ3) is 3.93. The lowest BCUT2D eigenvalue weighted by atomic mass is 10.2. The summed E-state index contributed by atoms with van der Waals surface area (Å²) in [5, 5.41) is 2.80. The van der Waals surface area contributed by atoms with E-state index < -0.39 is 21.4 Å². The van der Waals surface area contributed by atoms with Crippen molar-refractivity contribution in [2.75, 3.05) is 18.1 Å². The van der Waals surface area contributed by atoms with Crippen molar-refractivity contribution in [2.24, 2.45) is 0 Å². The second kappa shape index (κ2) is 5.78. The summed E-state index contributed by atoms with van der Waals surface area (Å²) in [5.74, 6) is -0.857. The Balaban J connectivity index is 3.37. The van der Waals surface area contributed by atoms with Crippen molar-refractivity contribution < 1.29 is 17.9 Å². The normalized spacial score (nSPS) is 12.1. The van der Waals surface area contributed by atoms with Crippen molar-refractivity contribution in [3.8, 4) is 0 Å². The highest BCUT2D eigenvalue weighted by molar-refractivity contribution is 7.91. The fourth-order valence-electron chi connectivity index (χ4n) is 1.45. The number of nitrogens with zero attached hydrogens (tertiary/aromatic N) is 1. The zero-order valence-electron chi connectivity index (χ0n) is 12.4. The number of esters is 1. The zero-order chi connectivity index (χ0) is 15.6. The number of rotatable bonds is 4. The minimum atomic E-state index is -3.57. The highest BCUT2D eigenvalue weighted by Gasteiger charge is 2.27. The van der Waals surface area contributed by atoms with Gasteiger partial charge in [-0.05, 0) is 26.8 Å². The van der Waals surface area contributed by atoms with Gasteiger partial charge in [-0.2, -0.15) is 0 Å². The molecule has 1 aromatic heterocycles. The molecule has 0 saturated heterocycles. The van der Waals surface area contributed by atoms with Gasteiger partial charge in [-0.1, -0.05) is 6.92 Å². The first-order chi connectivity index (χ1) is 9.10. The van der Waals surface area contributed by atoms with Crippen LogP contribution in [0, 0.1) is 0 Å². The zero-order valence-corrected chi connectivity index (χ0v) is 13.2. The molecule has 0 amide bonds. The number of nitrogens with one attached hydrogen (secondary N) is 1. The topological polar surface area (TPSA) is 85.4 Å². The lowest BCUT2D eigenvalue weighted by Crippen LogP contribution is -2.26. The van der Waals surface area contributed by atoms with Gasteiger partial charge in [-0.3, -0.25) is 0 Å². The number of hydrogen-bond acceptors (Lipinski definition) is 6. The molecule has 0 radical (unpaired) electrons. The van der Waals surface area contributed by atoms with E-state index in [2.05, 4.69) is 10.3 Å². The number of hydrogen-bond donors (Lipinski definition) is 1. The summed E-state index contributed by atoms with van der Waals surface area (Å²) in [6, 6.07) is 1.39. The molecule has 0 aliphatic heterocycles. The highest BCUT2D eigenvalue weighted by atomic mass is 32.2. The smallest absolute Gasteiger partial charge is 0.358 e. The highest BCUT2D eigenvalue weighted by Crippen LogP contribution is 2.22. The SMILES string of the molecule is CCS(=O)(=O)c1cc(NC)cnc1C(=O)OC(C)(C)C. The Hall–Kier alpha value is -1.63. The fourth-order valence-corrected chi connectivity index (χ4v) is 2.50. The van der Waals surface area contributed by atoms with Gasteiger partial charge >= 0.3 is 5.97 Å². The molecular formula is C13H20N2O4S. The number of pyridine rings is 1. The van der Waals surface area contributed by atoms with Crippen LogP contribution in [0.25, 0.3) is 0 Å². The number of carbonyl (C=O) groups is 1. The Morgan fingerprint density at radius 1 is 1.40 bits per heavy atom. The van der Waals surface area contributed by atoms with Crippen molar-refractivity contribution >= 4 is 21.5 Å². The van der Waals surface area contributed by atoms with Crippen LogP contribution in [-0.2, 0) is 14.6 Å². The lowest BCUT2D eigenvalue weighted by Gasteiger charge is -2.20. The monoisotopic (exact) mass is 300 g/mol. The molecule has 112 valence electrons. The van der Waals surface area contributed by atoms with Gasteiger partial charge in [0, 0.05) is 7.05 Å². The third-order valence-electron chi connectivity index (χ3n) is 2.45. The average molecular weight is 300 g/mol. The molecule has 0 spiro atoms. The van der Waals surface area contributed by atoms with Gasteiger partial charge in [-0.15, -0.1) is 0 Å². The summed E-state index contributed by atoms with van der Waals surface area (Å²) in [6.07, 6.45) is 1.40. The minimum absolute atomic E-state index is 0.110. The average Bonchev–Trinajstić information content (AvgIpc) is 2.36. The van der Waals surface area contributed by atoms with Gasteiger partial charge < -0.3 is 10.1 Å². The van der Waals surface area contributed by atoms with Gasteiger partial charge in [0.1, 0.15) is 10.5 Å². The van der Waals surface area contributed by atoms with Crippen molar-refractivity contribution in [3.05, 3.63) is 18.0 Å². The molecular weight excluding hydrogens is 280 g/mol. The van der Waals surface area contributed by atoms with Crippen LogP contribution in [0.1, 0.15) is 38.2 Å². The van der Waals surface area contributed by atoms with Crippen LogP contribution in [0.2, 0.25) is 0 Å². The second-order valence-corrected chi connectivity index (χ2v) is 7.47. The number of carbonyl (C=O) groups excluding carboxylic acids is 1. The molecule has 0 aromatic carbocycles. The molecule has 0 fully saturated rings. The number of sulfone groups is 1. The Morgan fingerprint density at radius 3 is 2.45 bits per heavy atom. The molecule has 7 heteroatoms. The molecule has 0 atom stereocenters. The predicted molar refractivity (Wildman–Crippen MR) is 76.7 cm³/mol. The van der Waals surface area contributed by atoms with Crippen molar-refractivity contribution in [2.45, 2.75) is 38.2 Å². The maximum absolute atomic E-state index is 12.1. The number of ether oxygens (including phenoxy) is 1. The van der Waals surface area contributed by atoms with E-state index in [9.17, 15) is 13.2 Å². The van der Waals surface area contributed by atoms with Crippen LogP contribution in [0.5, 0.6) is 0 Å². The van der Waals surface area contributed by atoms with Crippen molar-refractivity contribution in [1.29, 1.82) is 0 Å². The van der Waals surface area contributed by atoms with Gasteiger partial charge in [0.15, 0.2) is 15.5 Å². The predicted octanol–water partition coefficient (Wildman–Crippen LogP) is 1.87. The second-order valence-electron chi connectivity index (χ2n) is 5.23. The van der Waals surface area contributed by atoms with Gasteiger partial charge in [0.05, 0.1) is 17.6 Å². The van der Waals surface area contributed by atoms with Gasteiger partial charge in [0.2, 0.25) is 0 Å². The molecule has 0 unspecified atom stereocenters. The van der Waals surface area contributed by atoms with E-state index in [-0.39, 0.29) is 16.3 Å². The Bertz CT molecular complexity index is 603. The summed E-state index contributed by atoms with van der Waals surface area (Å²) in [7, 11) is -1.92. The van der Waals surface area contributed by atoms with Crippen LogP contribution >= 0.6 is 0 Å². The third-order valence-corrected chi connectivity index (χ3v) is 4.19. The van der Waals surface area contributed by atoms with Crippen LogP contribution in [-0.4, -0.2) is 37.8 Å². The van der Waals surface area contributed by atoms with Crippen molar-refractivity contribution in [1.82, 2.24) is 4.98 Å². The first-order valence-electron chi connectivity index (χ1n) is 6.24. The van der Waals surface area contributed by atoms with E-state index in [1.807, 2.05) is 0 Å². The molecule has 1 rings (SSSR count). The van der Waals surface area contributed by atoms with Crippen LogP contribution < -0.4 is 5.32 Å². The van der Waals surface area contributed by atoms with Crippen LogP contribution in [0.3, 0.4) is 0 Å². The Morgan fingerprint density at radius 2 is 2.00 bits per heavy atom. The maximum Gasteiger partial charge on any atom is 0.358 e. The molecule has 1 N–H and O–H groups in total. The van der Waals surface area contributed by atoms with E-state index >= 15 is 0 Å². The molecule has 0 aliphatic rings. The summed E-state index contributed by atoms with van der Waals surface area (Å²) < 4.78 is 29.4. The molecule has 1 heterocycles. The van der Waals surface area contributed by atoms with Crippen LogP contribution in [0.4, 0.5) is 5.69 Å².